The molecule has 0 aromatic heterocycles. The first-order valence-corrected chi connectivity index (χ1v) is 10.3. The van der Waals surface area contributed by atoms with E-state index in [1.165, 1.54) is 6.07 Å². The highest BCUT2D eigenvalue weighted by molar-refractivity contribution is 5.78. The fourth-order valence-electron chi connectivity index (χ4n) is 3.34. The minimum absolute atomic E-state index is 0.00452. The van der Waals surface area contributed by atoms with Gasteiger partial charge in [-0.2, -0.15) is 0 Å². The van der Waals surface area contributed by atoms with Crippen LogP contribution in [0.25, 0.3) is 0 Å². The first-order valence-electron chi connectivity index (χ1n) is 10.3. The Morgan fingerprint density at radius 3 is 1.74 bits per heavy atom. The molecule has 3 rings (SSSR count). The predicted octanol–water partition coefficient (Wildman–Crippen LogP) is 2.31. The van der Waals surface area contributed by atoms with Crippen LogP contribution in [-0.4, -0.2) is 73.2 Å². The van der Waals surface area contributed by atoms with Crippen molar-refractivity contribution in [3.63, 3.8) is 0 Å². The number of ether oxygens (including phenoxy) is 3. The summed E-state index contributed by atoms with van der Waals surface area (Å²) in [4.78, 5) is 28.3. The number of carbonyl (C=O) groups is 2. The fourth-order valence-corrected chi connectivity index (χ4v) is 3.34. The number of rotatable bonds is 9. The van der Waals surface area contributed by atoms with Crippen LogP contribution in [0.4, 0.5) is 0 Å². The van der Waals surface area contributed by atoms with Crippen LogP contribution in [0.1, 0.15) is 12.8 Å². The minimum atomic E-state index is -0.0259. The Hall–Kier alpha value is -3.42. The topological polar surface area (TPSA) is 88.5 Å². The Kier molecular flexibility index (Phi) is 7.98. The maximum absolute atomic E-state index is 12.4. The maximum atomic E-state index is 12.4. The third-order valence-electron chi connectivity index (χ3n) is 5.07. The summed E-state index contributed by atoms with van der Waals surface area (Å²) in [5, 5.41) is 9.69. The van der Waals surface area contributed by atoms with Crippen molar-refractivity contribution in [3.05, 3.63) is 48.5 Å². The van der Waals surface area contributed by atoms with Gasteiger partial charge in [0.15, 0.2) is 23.0 Å². The van der Waals surface area contributed by atoms with E-state index < -0.39 is 0 Å². The molecule has 31 heavy (non-hydrogen) atoms. The number of hydrogen-bond donors (Lipinski definition) is 1. The lowest BCUT2D eigenvalue weighted by Gasteiger charge is -2.35. The van der Waals surface area contributed by atoms with Crippen molar-refractivity contribution in [2.45, 2.75) is 12.8 Å². The zero-order valence-electron chi connectivity index (χ0n) is 17.7. The summed E-state index contributed by atoms with van der Waals surface area (Å²) in [5.41, 5.74) is 0. The second-order valence-electron chi connectivity index (χ2n) is 7.08. The number of nitrogens with zero attached hydrogens (tertiary/aromatic N) is 2. The summed E-state index contributed by atoms with van der Waals surface area (Å²) in [7, 11) is 1.58. The van der Waals surface area contributed by atoms with Gasteiger partial charge in [0.1, 0.15) is 0 Å². The molecule has 8 heteroatoms. The molecule has 1 aliphatic rings. The van der Waals surface area contributed by atoms with Crippen molar-refractivity contribution >= 4 is 11.8 Å². The number of amides is 2. The SMILES string of the molecule is COc1ccccc1OCCC(=O)N1CCN(C(=O)CCOc2ccccc2O)CC1. The van der Waals surface area contributed by atoms with Gasteiger partial charge in [0.25, 0.3) is 0 Å². The maximum Gasteiger partial charge on any atom is 0.226 e. The molecule has 2 amide bonds. The number of benzene rings is 2. The van der Waals surface area contributed by atoms with Gasteiger partial charge in [-0.05, 0) is 24.3 Å². The van der Waals surface area contributed by atoms with Gasteiger partial charge >= 0.3 is 0 Å². The summed E-state index contributed by atoms with van der Waals surface area (Å²) in [5.74, 6) is 1.64. The van der Waals surface area contributed by atoms with Gasteiger partial charge < -0.3 is 29.1 Å². The van der Waals surface area contributed by atoms with Crippen molar-refractivity contribution in [2.75, 3.05) is 46.5 Å². The molecule has 2 aromatic rings. The smallest absolute Gasteiger partial charge is 0.226 e. The molecule has 0 radical (unpaired) electrons. The average molecular weight is 428 g/mol. The van der Waals surface area contributed by atoms with E-state index in [1.54, 1.807) is 47.2 Å². The first kappa shape index (κ1) is 22.3. The van der Waals surface area contributed by atoms with E-state index in [9.17, 15) is 14.7 Å². The summed E-state index contributed by atoms with van der Waals surface area (Å²) in [6, 6.07) is 14.0. The quantitative estimate of drug-likeness (QED) is 0.659. The molecule has 0 saturated carbocycles. The van der Waals surface area contributed by atoms with Crippen LogP contribution < -0.4 is 14.2 Å². The largest absolute Gasteiger partial charge is 0.504 e. The molecule has 0 unspecified atom stereocenters. The number of piperazine rings is 1. The van der Waals surface area contributed by atoms with Crippen molar-refractivity contribution < 1.29 is 28.9 Å². The summed E-state index contributed by atoms with van der Waals surface area (Å²) in [6.45, 7) is 2.44. The van der Waals surface area contributed by atoms with Gasteiger partial charge in [-0.1, -0.05) is 24.3 Å². The second kappa shape index (κ2) is 11.1. The van der Waals surface area contributed by atoms with E-state index in [-0.39, 0.29) is 43.6 Å². The highest BCUT2D eigenvalue weighted by Gasteiger charge is 2.24. The van der Waals surface area contributed by atoms with E-state index in [0.717, 1.165) is 0 Å². The fraction of sp³-hybridized carbons (Fsp3) is 0.391. The van der Waals surface area contributed by atoms with Gasteiger partial charge in [0, 0.05) is 26.2 Å². The van der Waals surface area contributed by atoms with Crippen molar-refractivity contribution in [2.24, 2.45) is 0 Å². The van der Waals surface area contributed by atoms with Crippen LogP contribution in [0.5, 0.6) is 23.0 Å². The number of carbonyl (C=O) groups excluding carboxylic acids is 2. The summed E-state index contributed by atoms with van der Waals surface area (Å²) >= 11 is 0. The van der Waals surface area contributed by atoms with Crippen molar-refractivity contribution in [3.8, 4) is 23.0 Å². The van der Waals surface area contributed by atoms with Crippen LogP contribution in [0.15, 0.2) is 48.5 Å². The van der Waals surface area contributed by atoms with Crippen molar-refractivity contribution in [1.82, 2.24) is 9.80 Å². The number of phenols is 1. The average Bonchev–Trinajstić information content (AvgIpc) is 2.80. The van der Waals surface area contributed by atoms with Gasteiger partial charge in [-0.3, -0.25) is 9.59 Å². The number of hydrogen-bond acceptors (Lipinski definition) is 6. The zero-order chi connectivity index (χ0) is 22.1. The second-order valence-corrected chi connectivity index (χ2v) is 7.08. The molecule has 2 aromatic carbocycles. The molecule has 166 valence electrons. The van der Waals surface area contributed by atoms with Gasteiger partial charge in [-0.25, -0.2) is 0 Å². The molecule has 1 fully saturated rings. The van der Waals surface area contributed by atoms with E-state index in [0.29, 0.717) is 43.4 Å². The lowest BCUT2D eigenvalue weighted by molar-refractivity contribution is -0.140. The third-order valence-corrected chi connectivity index (χ3v) is 5.07. The van der Waals surface area contributed by atoms with Crippen LogP contribution in [0.2, 0.25) is 0 Å². The molecule has 1 saturated heterocycles. The molecule has 1 N–H and O–H groups in total. The Morgan fingerprint density at radius 1 is 0.774 bits per heavy atom. The normalized spacial score (nSPS) is 13.6. The molecule has 0 bridgehead atoms. The number of para-hydroxylation sites is 4. The molecular weight excluding hydrogens is 400 g/mol. The van der Waals surface area contributed by atoms with E-state index in [4.69, 9.17) is 14.2 Å². The molecule has 0 atom stereocenters. The molecule has 1 aliphatic heterocycles. The van der Waals surface area contributed by atoms with Crippen molar-refractivity contribution in [1.29, 1.82) is 0 Å². The standard InChI is InChI=1S/C23H28N2O6/c1-29-20-8-4-5-9-21(20)31-17-11-23(28)25-14-12-24(13-15-25)22(27)10-16-30-19-7-3-2-6-18(19)26/h2-9,26H,10-17H2,1H3. The molecule has 1 heterocycles. The lowest BCUT2D eigenvalue weighted by atomic mass is 10.2. The Morgan fingerprint density at radius 2 is 1.23 bits per heavy atom. The first-order chi connectivity index (χ1) is 15.1. The summed E-state index contributed by atoms with van der Waals surface area (Å²) < 4.78 is 16.4. The highest BCUT2D eigenvalue weighted by Crippen LogP contribution is 2.26. The van der Waals surface area contributed by atoms with E-state index in [2.05, 4.69) is 0 Å². The van der Waals surface area contributed by atoms with Gasteiger partial charge in [-0.15, -0.1) is 0 Å². The Bertz CT molecular complexity index is 880. The minimum Gasteiger partial charge on any atom is -0.504 e. The highest BCUT2D eigenvalue weighted by atomic mass is 16.5. The number of aromatic hydroxyl groups is 1. The molecule has 0 aliphatic carbocycles. The predicted molar refractivity (Wildman–Crippen MR) is 114 cm³/mol. The van der Waals surface area contributed by atoms with E-state index in [1.807, 2.05) is 12.1 Å². The molecule has 0 spiro atoms. The van der Waals surface area contributed by atoms with Crippen LogP contribution >= 0.6 is 0 Å². The summed E-state index contributed by atoms with van der Waals surface area (Å²) in [6.07, 6.45) is 0.482. The molecular formula is C23H28N2O6. The number of phenolic OH excluding ortho intramolecular Hbond substituents is 1. The monoisotopic (exact) mass is 428 g/mol. The zero-order valence-corrected chi connectivity index (χ0v) is 17.7. The Labute approximate surface area is 181 Å². The third kappa shape index (κ3) is 6.28. The number of methoxy groups -OCH3 is 1. The Balaban J connectivity index is 1.35. The molecule has 8 nitrogen and oxygen atoms in total. The lowest BCUT2D eigenvalue weighted by Crippen LogP contribution is -2.51. The van der Waals surface area contributed by atoms with Crippen LogP contribution in [0.3, 0.4) is 0 Å². The van der Waals surface area contributed by atoms with Gasteiger partial charge in [0.2, 0.25) is 11.8 Å². The van der Waals surface area contributed by atoms with Crippen LogP contribution in [-0.2, 0) is 9.59 Å². The van der Waals surface area contributed by atoms with E-state index >= 15 is 0 Å². The van der Waals surface area contributed by atoms with Crippen LogP contribution in [0, 0.1) is 0 Å². The van der Waals surface area contributed by atoms with Gasteiger partial charge in [0.05, 0.1) is 33.2 Å².